The SMILES string of the molecule is O=C(O)CCc1cccc(C(Nc2ccc(CN3CCC3)cc2)=C2C(=O)Nc3cc(F)ccc32)c1. The number of aryl methyl sites for hydroxylation is 1. The Hall–Kier alpha value is -3.97. The predicted octanol–water partition coefficient (Wildman–Crippen LogP) is 4.98. The van der Waals surface area contributed by atoms with Gasteiger partial charge in [0.15, 0.2) is 0 Å². The van der Waals surface area contributed by atoms with E-state index >= 15 is 0 Å². The molecule has 3 N–H and O–H groups in total. The van der Waals surface area contributed by atoms with Crippen LogP contribution in [-0.2, 0) is 22.6 Å². The molecule has 178 valence electrons. The van der Waals surface area contributed by atoms with Crippen molar-refractivity contribution in [3.8, 4) is 0 Å². The Morgan fingerprint density at radius 1 is 1.03 bits per heavy atom. The van der Waals surface area contributed by atoms with Crippen molar-refractivity contribution in [2.24, 2.45) is 0 Å². The monoisotopic (exact) mass is 471 g/mol. The van der Waals surface area contributed by atoms with Gasteiger partial charge in [-0.15, -0.1) is 0 Å². The highest BCUT2D eigenvalue weighted by Crippen LogP contribution is 2.38. The third-order valence-corrected chi connectivity index (χ3v) is 6.40. The Morgan fingerprint density at radius 2 is 1.83 bits per heavy atom. The topological polar surface area (TPSA) is 81.7 Å². The van der Waals surface area contributed by atoms with Crippen LogP contribution < -0.4 is 10.6 Å². The number of amides is 1. The minimum absolute atomic E-state index is 0.0177. The van der Waals surface area contributed by atoms with E-state index in [2.05, 4.69) is 27.7 Å². The molecule has 0 bridgehead atoms. The maximum atomic E-state index is 13.8. The summed E-state index contributed by atoms with van der Waals surface area (Å²) in [5, 5.41) is 15.3. The molecule has 0 spiro atoms. The summed E-state index contributed by atoms with van der Waals surface area (Å²) in [7, 11) is 0. The molecule has 2 heterocycles. The van der Waals surface area contributed by atoms with E-state index in [0.717, 1.165) is 36.4 Å². The fourth-order valence-corrected chi connectivity index (χ4v) is 4.44. The molecule has 0 radical (unpaired) electrons. The van der Waals surface area contributed by atoms with E-state index in [1.54, 1.807) is 6.07 Å². The Labute approximate surface area is 203 Å². The largest absolute Gasteiger partial charge is 0.481 e. The number of anilines is 2. The summed E-state index contributed by atoms with van der Waals surface area (Å²) in [5.41, 5.74) is 5.69. The van der Waals surface area contributed by atoms with Crippen molar-refractivity contribution in [2.45, 2.75) is 25.8 Å². The van der Waals surface area contributed by atoms with Gasteiger partial charge in [-0.05, 0) is 79.0 Å². The molecule has 1 amide bonds. The van der Waals surface area contributed by atoms with Crippen molar-refractivity contribution >= 4 is 34.5 Å². The Morgan fingerprint density at radius 3 is 2.54 bits per heavy atom. The van der Waals surface area contributed by atoms with E-state index in [0.29, 0.717) is 28.9 Å². The molecule has 0 aliphatic carbocycles. The van der Waals surface area contributed by atoms with Crippen LogP contribution in [0.1, 0.15) is 35.1 Å². The molecule has 3 aromatic rings. The number of benzene rings is 3. The van der Waals surface area contributed by atoms with Gasteiger partial charge in [0.05, 0.1) is 17.0 Å². The lowest BCUT2D eigenvalue weighted by Gasteiger charge is -2.30. The fraction of sp³-hybridized carbons (Fsp3) is 0.214. The first-order chi connectivity index (χ1) is 17.0. The molecule has 5 rings (SSSR count). The van der Waals surface area contributed by atoms with Gasteiger partial charge in [0, 0.05) is 24.2 Å². The van der Waals surface area contributed by atoms with Gasteiger partial charge in [-0.3, -0.25) is 14.5 Å². The minimum Gasteiger partial charge on any atom is -0.481 e. The fourth-order valence-electron chi connectivity index (χ4n) is 4.44. The number of hydrogen-bond donors (Lipinski definition) is 3. The molecule has 1 saturated heterocycles. The number of rotatable bonds is 8. The first-order valence-electron chi connectivity index (χ1n) is 11.7. The minimum atomic E-state index is -0.864. The van der Waals surface area contributed by atoms with E-state index in [-0.39, 0.29) is 12.3 Å². The lowest BCUT2D eigenvalue weighted by molar-refractivity contribution is -0.137. The van der Waals surface area contributed by atoms with Crippen LogP contribution >= 0.6 is 0 Å². The number of likely N-dealkylation sites (tertiary alicyclic amines) is 1. The second-order valence-electron chi connectivity index (χ2n) is 8.94. The summed E-state index contributed by atoms with van der Waals surface area (Å²) in [6.07, 6.45) is 1.64. The Kier molecular flexibility index (Phi) is 6.33. The highest BCUT2D eigenvalue weighted by Gasteiger charge is 2.29. The summed E-state index contributed by atoms with van der Waals surface area (Å²) >= 11 is 0. The summed E-state index contributed by atoms with van der Waals surface area (Å²) in [5.74, 6) is -1.61. The number of hydrogen-bond acceptors (Lipinski definition) is 4. The zero-order chi connectivity index (χ0) is 24.4. The standard InChI is InChI=1S/C28H26FN3O3/c29-21-8-11-23-24(16-21)31-28(35)26(23)27(20-4-1-3-18(15-20)7-12-25(33)34)30-22-9-5-19(6-10-22)17-32-13-2-14-32/h1,3-6,8-11,15-16,30H,2,7,12-14,17H2,(H,31,35)(H,33,34). The molecule has 0 aromatic heterocycles. The van der Waals surface area contributed by atoms with Crippen LogP contribution in [0.3, 0.4) is 0 Å². The molecule has 0 saturated carbocycles. The van der Waals surface area contributed by atoms with Crippen LogP contribution in [0.4, 0.5) is 15.8 Å². The van der Waals surface area contributed by atoms with Gasteiger partial charge < -0.3 is 15.7 Å². The number of carbonyl (C=O) groups excluding carboxylic acids is 1. The smallest absolute Gasteiger partial charge is 0.303 e. The van der Waals surface area contributed by atoms with Crippen molar-refractivity contribution in [3.05, 3.63) is 94.8 Å². The summed E-state index contributed by atoms with van der Waals surface area (Å²) < 4.78 is 13.8. The molecule has 1 fully saturated rings. The summed E-state index contributed by atoms with van der Waals surface area (Å²) in [4.78, 5) is 26.5. The van der Waals surface area contributed by atoms with E-state index in [4.69, 9.17) is 5.11 Å². The van der Waals surface area contributed by atoms with Gasteiger partial charge in [0.1, 0.15) is 5.82 Å². The zero-order valence-electron chi connectivity index (χ0n) is 19.2. The van der Waals surface area contributed by atoms with Crippen molar-refractivity contribution in [1.29, 1.82) is 0 Å². The first-order valence-corrected chi connectivity index (χ1v) is 11.7. The average Bonchev–Trinajstić information content (AvgIpc) is 3.14. The summed E-state index contributed by atoms with van der Waals surface area (Å²) in [6, 6.07) is 19.9. The second kappa shape index (κ2) is 9.72. The van der Waals surface area contributed by atoms with Gasteiger partial charge in [0.25, 0.3) is 5.91 Å². The highest BCUT2D eigenvalue weighted by molar-refractivity contribution is 6.37. The normalized spacial score (nSPS) is 16.3. The average molecular weight is 472 g/mol. The van der Waals surface area contributed by atoms with Gasteiger partial charge >= 0.3 is 5.97 Å². The van der Waals surface area contributed by atoms with Gasteiger partial charge in [0.2, 0.25) is 0 Å². The van der Waals surface area contributed by atoms with Crippen molar-refractivity contribution in [1.82, 2.24) is 4.90 Å². The molecule has 3 aromatic carbocycles. The maximum Gasteiger partial charge on any atom is 0.303 e. The number of fused-ring (bicyclic) bond motifs is 1. The highest BCUT2D eigenvalue weighted by atomic mass is 19.1. The van der Waals surface area contributed by atoms with Crippen LogP contribution in [0.2, 0.25) is 0 Å². The van der Waals surface area contributed by atoms with E-state index in [1.807, 2.05) is 36.4 Å². The molecular weight excluding hydrogens is 445 g/mol. The van der Waals surface area contributed by atoms with Crippen LogP contribution in [-0.4, -0.2) is 35.0 Å². The Bertz CT molecular complexity index is 1310. The maximum absolute atomic E-state index is 13.8. The van der Waals surface area contributed by atoms with Gasteiger partial charge in [-0.1, -0.05) is 30.3 Å². The second-order valence-corrected chi connectivity index (χ2v) is 8.94. The number of carbonyl (C=O) groups is 2. The van der Waals surface area contributed by atoms with Crippen LogP contribution in [0.15, 0.2) is 66.7 Å². The van der Waals surface area contributed by atoms with E-state index < -0.39 is 11.8 Å². The number of aliphatic carboxylic acids is 1. The molecule has 7 heteroatoms. The zero-order valence-corrected chi connectivity index (χ0v) is 19.2. The number of nitrogens with one attached hydrogen (secondary N) is 2. The van der Waals surface area contributed by atoms with Crippen LogP contribution in [0, 0.1) is 5.82 Å². The molecular formula is C28H26FN3O3. The number of nitrogens with zero attached hydrogens (tertiary/aromatic N) is 1. The third-order valence-electron chi connectivity index (χ3n) is 6.40. The van der Waals surface area contributed by atoms with Crippen molar-refractivity contribution in [2.75, 3.05) is 23.7 Å². The number of carboxylic acid groups (broad SMARTS) is 1. The van der Waals surface area contributed by atoms with Gasteiger partial charge in [-0.2, -0.15) is 0 Å². The van der Waals surface area contributed by atoms with Crippen LogP contribution in [0.25, 0.3) is 11.3 Å². The molecule has 2 aliphatic rings. The lowest BCUT2D eigenvalue weighted by atomic mass is 9.97. The van der Waals surface area contributed by atoms with Gasteiger partial charge in [-0.25, -0.2) is 4.39 Å². The number of carboxylic acids is 1. The molecule has 35 heavy (non-hydrogen) atoms. The first kappa shape index (κ1) is 22.8. The third kappa shape index (κ3) is 5.10. The Balaban J connectivity index is 1.53. The van der Waals surface area contributed by atoms with E-state index in [9.17, 15) is 14.0 Å². The summed E-state index contributed by atoms with van der Waals surface area (Å²) in [6.45, 7) is 3.17. The molecule has 6 nitrogen and oxygen atoms in total. The predicted molar refractivity (Wildman–Crippen MR) is 134 cm³/mol. The molecule has 2 aliphatic heterocycles. The quantitative estimate of drug-likeness (QED) is 0.404. The van der Waals surface area contributed by atoms with E-state index in [1.165, 1.54) is 24.1 Å². The van der Waals surface area contributed by atoms with Crippen molar-refractivity contribution in [3.63, 3.8) is 0 Å². The van der Waals surface area contributed by atoms with Crippen LogP contribution in [0.5, 0.6) is 0 Å². The molecule has 0 unspecified atom stereocenters. The van der Waals surface area contributed by atoms with Crippen molar-refractivity contribution < 1.29 is 19.1 Å². The molecule has 0 atom stereocenters. The number of halogens is 1. The lowest BCUT2D eigenvalue weighted by Crippen LogP contribution is -2.36.